The van der Waals surface area contributed by atoms with Gasteiger partial charge in [-0.1, -0.05) is 6.92 Å². The Morgan fingerprint density at radius 2 is 2.06 bits per heavy atom. The van der Waals surface area contributed by atoms with Crippen LogP contribution >= 0.6 is 0 Å². The molecule has 1 saturated heterocycles. The van der Waals surface area contributed by atoms with Crippen LogP contribution in [-0.2, 0) is 19.1 Å². The summed E-state index contributed by atoms with van der Waals surface area (Å²) < 4.78 is 24.8. The second kappa shape index (κ2) is 9.86. The van der Waals surface area contributed by atoms with E-state index in [1.165, 1.54) is 29.2 Å². The van der Waals surface area contributed by atoms with Crippen LogP contribution in [0.1, 0.15) is 20.3 Å². The van der Waals surface area contributed by atoms with Gasteiger partial charge in [0.25, 0.3) is 5.91 Å². The minimum atomic E-state index is -0.532. The largest absolute Gasteiger partial charge is 0.456 e. The van der Waals surface area contributed by atoms with Crippen LogP contribution in [0.4, 0.5) is 20.7 Å². The number of benzene rings is 1. The summed E-state index contributed by atoms with van der Waals surface area (Å²) in [6, 6.07) is 8.09. The van der Waals surface area contributed by atoms with Crippen molar-refractivity contribution in [2.24, 2.45) is 5.10 Å². The van der Waals surface area contributed by atoms with Gasteiger partial charge >= 0.3 is 12.1 Å². The number of carbonyl (C=O) groups is 3. The summed E-state index contributed by atoms with van der Waals surface area (Å²) in [5, 5.41) is 5.30. The molecule has 34 heavy (non-hydrogen) atoms. The average molecular weight is 469 g/mol. The molecule has 178 valence electrons. The van der Waals surface area contributed by atoms with E-state index in [4.69, 9.17) is 9.47 Å². The maximum Gasteiger partial charge on any atom is 0.414 e. The Hall–Kier alpha value is -4.02. The van der Waals surface area contributed by atoms with Gasteiger partial charge in [0.15, 0.2) is 6.61 Å². The molecule has 11 heteroatoms. The van der Waals surface area contributed by atoms with E-state index in [2.05, 4.69) is 10.1 Å². The molecule has 3 heterocycles. The van der Waals surface area contributed by atoms with Gasteiger partial charge in [0.2, 0.25) is 0 Å². The van der Waals surface area contributed by atoms with Crippen molar-refractivity contribution < 1.29 is 28.2 Å². The van der Waals surface area contributed by atoms with Crippen molar-refractivity contribution in [1.82, 2.24) is 9.99 Å². The molecule has 1 aromatic carbocycles. The molecule has 10 nitrogen and oxygen atoms in total. The highest BCUT2D eigenvalue weighted by atomic mass is 19.1. The summed E-state index contributed by atoms with van der Waals surface area (Å²) in [7, 11) is 0. The molecular weight excluding hydrogens is 445 g/mol. The molecule has 0 radical (unpaired) electrons. The van der Waals surface area contributed by atoms with E-state index in [1.807, 2.05) is 6.92 Å². The highest BCUT2D eigenvalue weighted by Crippen LogP contribution is 2.30. The van der Waals surface area contributed by atoms with Gasteiger partial charge < -0.3 is 14.4 Å². The molecular formula is C23H24FN5O5. The van der Waals surface area contributed by atoms with E-state index in [0.29, 0.717) is 48.7 Å². The third-order valence-electron chi connectivity index (χ3n) is 5.52. The summed E-state index contributed by atoms with van der Waals surface area (Å²) in [5.41, 5.74) is 1.39. The lowest BCUT2D eigenvalue weighted by atomic mass is 10.1. The van der Waals surface area contributed by atoms with Gasteiger partial charge in [0.1, 0.15) is 24.1 Å². The second-order valence-electron chi connectivity index (χ2n) is 7.82. The first-order valence-corrected chi connectivity index (χ1v) is 10.8. The number of hydrogen-bond acceptors (Lipinski definition) is 8. The number of hydrogen-bond donors (Lipinski definition) is 0. The fraction of sp³-hybridized carbons (Fsp3) is 0.348. The van der Waals surface area contributed by atoms with E-state index in [9.17, 15) is 18.8 Å². The SMILES string of the molecule is CC[C@H]1CN(c2ccc(-c3ccc(N4C=NN(C(=O)COC(C)=O)CC4)nc3)c(F)c2)C(=O)O1. The summed E-state index contributed by atoms with van der Waals surface area (Å²) in [6.07, 6.45) is 3.05. The lowest BCUT2D eigenvalue weighted by Crippen LogP contribution is -2.42. The van der Waals surface area contributed by atoms with Crippen LogP contribution in [0.2, 0.25) is 0 Å². The molecule has 1 fully saturated rings. The highest BCUT2D eigenvalue weighted by Gasteiger charge is 2.31. The third kappa shape index (κ3) is 4.98. The van der Waals surface area contributed by atoms with Gasteiger partial charge in [0, 0.05) is 30.8 Å². The van der Waals surface area contributed by atoms with Crippen LogP contribution in [-0.4, -0.2) is 66.6 Å². The Kier molecular flexibility index (Phi) is 6.71. The smallest absolute Gasteiger partial charge is 0.414 e. The van der Waals surface area contributed by atoms with E-state index in [1.54, 1.807) is 35.4 Å². The Morgan fingerprint density at radius 3 is 2.65 bits per heavy atom. The van der Waals surface area contributed by atoms with Gasteiger partial charge in [-0.05, 0) is 36.8 Å². The van der Waals surface area contributed by atoms with Crippen molar-refractivity contribution in [2.45, 2.75) is 26.4 Å². The lowest BCUT2D eigenvalue weighted by molar-refractivity contribution is -0.150. The molecule has 1 atom stereocenters. The zero-order valence-electron chi connectivity index (χ0n) is 18.8. The van der Waals surface area contributed by atoms with Crippen molar-refractivity contribution in [3.63, 3.8) is 0 Å². The fourth-order valence-electron chi connectivity index (χ4n) is 3.61. The number of amides is 2. The number of nitrogens with zero attached hydrogens (tertiary/aromatic N) is 5. The average Bonchev–Trinajstić information content (AvgIpc) is 3.23. The van der Waals surface area contributed by atoms with Crippen molar-refractivity contribution in [1.29, 1.82) is 0 Å². The van der Waals surface area contributed by atoms with Crippen LogP contribution < -0.4 is 9.80 Å². The number of pyridine rings is 1. The molecule has 0 saturated carbocycles. The topological polar surface area (TPSA) is 105 Å². The molecule has 0 spiro atoms. The van der Waals surface area contributed by atoms with Gasteiger partial charge in [-0.3, -0.25) is 14.5 Å². The Bertz CT molecular complexity index is 1120. The Morgan fingerprint density at radius 1 is 1.24 bits per heavy atom. The minimum Gasteiger partial charge on any atom is -0.456 e. The van der Waals surface area contributed by atoms with Crippen LogP contribution in [0.3, 0.4) is 0 Å². The summed E-state index contributed by atoms with van der Waals surface area (Å²) in [6.45, 7) is 3.94. The number of carbonyl (C=O) groups excluding carboxylic acids is 3. The van der Waals surface area contributed by atoms with Gasteiger partial charge in [-0.25, -0.2) is 19.2 Å². The molecule has 1 aromatic heterocycles. The van der Waals surface area contributed by atoms with Crippen molar-refractivity contribution in [2.75, 3.05) is 36.0 Å². The summed E-state index contributed by atoms with van der Waals surface area (Å²) in [4.78, 5) is 42.4. The molecule has 2 aromatic rings. The number of cyclic esters (lactones) is 1. The van der Waals surface area contributed by atoms with E-state index in [-0.39, 0.29) is 12.7 Å². The number of halogens is 1. The molecule has 4 rings (SSSR count). The first-order chi connectivity index (χ1) is 16.4. The third-order valence-corrected chi connectivity index (χ3v) is 5.52. The predicted molar refractivity (Wildman–Crippen MR) is 122 cm³/mol. The molecule has 0 N–H and O–H groups in total. The predicted octanol–water partition coefficient (Wildman–Crippen LogP) is 2.78. The number of ether oxygens (including phenoxy) is 2. The van der Waals surface area contributed by atoms with Crippen molar-refractivity contribution in [3.05, 3.63) is 42.3 Å². The molecule has 0 bridgehead atoms. The van der Waals surface area contributed by atoms with E-state index in [0.717, 1.165) is 0 Å². The zero-order chi connectivity index (χ0) is 24.2. The molecule has 2 amide bonds. The Labute approximate surface area is 195 Å². The molecule has 0 aliphatic carbocycles. The monoisotopic (exact) mass is 469 g/mol. The van der Waals surface area contributed by atoms with Crippen LogP contribution in [0.5, 0.6) is 0 Å². The van der Waals surface area contributed by atoms with Crippen molar-refractivity contribution in [3.8, 4) is 11.1 Å². The second-order valence-corrected chi connectivity index (χ2v) is 7.82. The number of esters is 1. The van der Waals surface area contributed by atoms with Crippen molar-refractivity contribution >= 4 is 35.8 Å². The van der Waals surface area contributed by atoms with E-state index < -0.39 is 23.8 Å². The number of anilines is 2. The molecule has 0 unspecified atom stereocenters. The first kappa shape index (κ1) is 23.1. The fourth-order valence-corrected chi connectivity index (χ4v) is 3.61. The van der Waals surface area contributed by atoms with Crippen LogP contribution in [0.25, 0.3) is 11.1 Å². The number of rotatable bonds is 6. The first-order valence-electron chi connectivity index (χ1n) is 10.8. The van der Waals surface area contributed by atoms with Crippen LogP contribution in [0.15, 0.2) is 41.6 Å². The van der Waals surface area contributed by atoms with Gasteiger partial charge in [0.05, 0.1) is 18.8 Å². The zero-order valence-corrected chi connectivity index (χ0v) is 18.8. The molecule has 2 aliphatic heterocycles. The normalized spacial score (nSPS) is 17.7. The maximum atomic E-state index is 14.9. The Balaban J connectivity index is 1.42. The maximum absolute atomic E-state index is 14.9. The standard InChI is InChI=1S/C23H24FN5O5/c1-3-18-12-28(23(32)34-18)17-5-6-19(20(24)10-17)16-4-7-21(25-11-16)27-8-9-29(26-14-27)22(31)13-33-15(2)30/h4-7,10-11,14,18H,3,8-9,12-13H2,1-2H3/t18-/m0/s1. The highest BCUT2D eigenvalue weighted by molar-refractivity contribution is 5.90. The summed E-state index contributed by atoms with van der Waals surface area (Å²) in [5.74, 6) is -0.834. The number of aromatic nitrogens is 1. The van der Waals surface area contributed by atoms with Gasteiger partial charge in [-0.15, -0.1) is 0 Å². The number of hydrazone groups is 1. The minimum absolute atomic E-state index is 0.190. The van der Waals surface area contributed by atoms with E-state index >= 15 is 0 Å². The van der Waals surface area contributed by atoms with Gasteiger partial charge in [-0.2, -0.15) is 5.10 Å². The quantitative estimate of drug-likeness (QED) is 0.599. The lowest BCUT2D eigenvalue weighted by Gasteiger charge is -2.27. The molecule has 2 aliphatic rings. The summed E-state index contributed by atoms with van der Waals surface area (Å²) >= 11 is 0. The van der Waals surface area contributed by atoms with Crippen LogP contribution in [0, 0.1) is 5.82 Å².